The van der Waals surface area contributed by atoms with Crippen molar-refractivity contribution in [2.75, 3.05) is 37.7 Å². The van der Waals surface area contributed by atoms with Crippen molar-refractivity contribution in [2.45, 2.75) is 18.6 Å². The Morgan fingerprint density at radius 1 is 0.812 bits per heavy atom. The number of fused-ring (bicyclic) bond motifs is 7. The van der Waals surface area contributed by atoms with Gasteiger partial charge in [-0.2, -0.15) is 0 Å². The van der Waals surface area contributed by atoms with Crippen LogP contribution in [0.15, 0.2) is 66.7 Å². The number of anilines is 2. The number of ether oxygens (including phenoxy) is 3. The van der Waals surface area contributed by atoms with E-state index in [0.29, 0.717) is 19.6 Å². The molecule has 0 radical (unpaired) electrons. The van der Waals surface area contributed by atoms with E-state index >= 15 is 0 Å². The van der Waals surface area contributed by atoms with E-state index in [1.807, 2.05) is 48.5 Å². The summed E-state index contributed by atoms with van der Waals surface area (Å²) in [6.07, 6.45) is 0. The molecule has 0 saturated carbocycles. The minimum atomic E-state index is -1.01. The van der Waals surface area contributed by atoms with E-state index in [9.17, 15) is 4.79 Å². The van der Waals surface area contributed by atoms with Crippen LogP contribution in [-0.4, -0.2) is 33.8 Å². The summed E-state index contributed by atoms with van der Waals surface area (Å²) >= 11 is 0. The maximum atomic E-state index is 13.7. The smallest absolute Gasteiger partial charge is 0.338 e. The summed E-state index contributed by atoms with van der Waals surface area (Å²) in [5.74, 6) is 1.31. The van der Waals surface area contributed by atoms with E-state index in [4.69, 9.17) is 14.2 Å². The number of hydrogen-bond acceptors (Lipinski definition) is 6. The van der Waals surface area contributed by atoms with Crippen molar-refractivity contribution in [3.8, 4) is 11.5 Å². The van der Waals surface area contributed by atoms with Gasteiger partial charge >= 0.3 is 5.97 Å². The molecule has 3 aromatic rings. The van der Waals surface area contributed by atoms with Gasteiger partial charge in [-0.25, -0.2) is 4.79 Å². The molecule has 2 bridgehead atoms. The highest BCUT2D eigenvalue weighted by molar-refractivity contribution is 5.90. The summed E-state index contributed by atoms with van der Waals surface area (Å²) in [5, 5.41) is 0. The highest BCUT2D eigenvalue weighted by atomic mass is 16.5. The van der Waals surface area contributed by atoms with Crippen molar-refractivity contribution in [1.82, 2.24) is 0 Å². The van der Waals surface area contributed by atoms with Crippen LogP contribution in [0.4, 0.5) is 11.4 Å². The molecule has 1 atom stereocenters. The van der Waals surface area contributed by atoms with Gasteiger partial charge in [-0.15, -0.1) is 0 Å². The van der Waals surface area contributed by atoms with Crippen LogP contribution in [0.1, 0.15) is 16.7 Å². The number of hydrogen-bond donors (Lipinski definition) is 0. The average molecular weight is 431 g/mol. The zero-order chi connectivity index (χ0) is 22.3. The Bertz CT molecular complexity index is 1160. The summed E-state index contributed by atoms with van der Waals surface area (Å²) in [5.41, 5.74) is 4.18. The van der Waals surface area contributed by atoms with Crippen molar-refractivity contribution >= 4 is 17.3 Å². The van der Waals surface area contributed by atoms with Crippen LogP contribution in [0.2, 0.25) is 0 Å². The molecule has 0 fully saturated rings. The first-order valence-corrected chi connectivity index (χ1v) is 10.6. The van der Waals surface area contributed by atoms with Gasteiger partial charge in [0.25, 0.3) is 0 Å². The Kier molecular flexibility index (Phi) is 4.93. The third-order valence-corrected chi connectivity index (χ3v) is 6.55. The lowest BCUT2D eigenvalue weighted by atomic mass is 9.87. The summed E-state index contributed by atoms with van der Waals surface area (Å²) in [7, 11) is 4.80. The van der Waals surface area contributed by atoms with Gasteiger partial charge in [0.05, 0.1) is 27.9 Å². The van der Waals surface area contributed by atoms with E-state index in [0.717, 1.165) is 39.6 Å². The Morgan fingerprint density at radius 2 is 1.44 bits per heavy atom. The van der Waals surface area contributed by atoms with Crippen molar-refractivity contribution < 1.29 is 19.0 Å². The molecule has 0 saturated heterocycles. The number of carbonyl (C=O) groups is 1. The SMILES string of the molecule is COC(=O)C1(c2ccccc2)CN2Cc3cc(OC)ccc3N1Cc1cc(OC)ccc12. The van der Waals surface area contributed by atoms with Gasteiger partial charge in [-0.3, -0.25) is 0 Å². The molecule has 0 amide bonds. The number of methoxy groups -OCH3 is 3. The van der Waals surface area contributed by atoms with Gasteiger partial charge in [-0.05, 0) is 53.1 Å². The summed E-state index contributed by atoms with van der Waals surface area (Å²) in [4.78, 5) is 18.1. The fourth-order valence-electron chi connectivity index (χ4n) is 5.01. The maximum absolute atomic E-state index is 13.7. The summed E-state index contributed by atoms with van der Waals surface area (Å²) in [6, 6.07) is 22.1. The van der Waals surface area contributed by atoms with E-state index in [-0.39, 0.29) is 5.97 Å². The first-order valence-electron chi connectivity index (χ1n) is 10.6. The number of benzene rings is 3. The standard InChI is InChI=1S/C26H26N2O4/c1-30-21-9-11-23-19(14-21)16-28-24-12-10-22(31-2)13-18(24)15-27(23)17-26(28,25(29)32-3)20-7-5-4-6-8-20/h4-14H,15-17H2,1-3H3. The first kappa shape index (κ1) is 20.2. The molecule has 5 rings (SSSR count). The number of carbonyl (C=O) groups excluding carboxylic acids is 1. The highest BCUT2D eigenvalue weighted by Gasteiger charge is 2.52. The molecule has 1 unspecified atom stereocenters. The van der Waals surface area contributed by atoms with Crippen LogP contribution in [0, 0.1) is 0 Å². The van der Waals surface area contributed by atoms with E-state index in [2.05, 4.69) is 28.0 Å². The second kappa shape index (κ2) is 7.79. The first-order chi connectivity index (χ1) is 15.6. The van der Waals surface area contributed by atoms with E-state index < -0.39 is 5.54 Å². The van der Waals surface area contributed by atoms with Gasteiger partial charge in [0.15, 0.2) is 5.54 Å². The number of rotatable bonds is 4. The Hall–Kier alpha value is -3.67. The fraction of sp³-hybridized carbons (Fsp3) is 0.269. The molecule has 3 aromatic carbocycles. The zero-order valence-electron chi connectivity index (χ0n) is 18.5. The van der Waals surface area contributed by atoms with E-state index in [1.54, 1.807) is 14.2 Å². The van der Waals surface area contributed by atoms with Crippen molar-refractivity contribution in [1.29, 1.82) is 0 Å². The predicted octanol–water partition coefficient (Wildman–Crippen LogP) is 4.11. The topological polar surface area (TPSA) is 51.2 Å². The van der Waals surface area contributed by atoms with Crippen LogP contribution in [0.5, 0.6) is 11.5 Å². The Balaban J connectivity index is 1.80. The van der Waals surface area contributed by atoms with Crippen LogP contribution in [0.3, 0.4) is 0 Å². The Morgan fingerprint density at radius 3 is 2.06 bits per heavy atom. The van der Waals surface area contributed by atoms with Gasteiger partial charge in [0.2, 0.25) is 0 Å². The van der Waals surface area contributed by atoms with Crippen molar-refractivity contribution in [3.63, 3.8) is 0 Å². The monoisotopic (exact) mass is 430 g/mol. The molecule has 32 heavy (non-hydrogen) atoms. The molecule has 6 heteroatoms. The summed E-state index contributed by atoms with van der Waals surface area (Å²) in [6.45, 7) is 1.64. The van der Waals surface area contributed by atoms with Gasteiger partial charge in [-0.1, -0.05) is 30.3 Å². The highest BCUT2D eigenvalue weighted by Crippen LogP contribution is 2.47. The quantitative estimate of drug-likeness (QED) is 0.581. The van der Waals surface area contributed by atoms with Gasteiger partial charge in [0, 0.05) is 24.5 Å². The lowest BCUT2D eigenvalue weighted by Gasteiger charge is -2.42. The van der Waals surface area contributed by atoms with Crippen molar-refractivity contribution in [3.05, 3.63) is 83.4 Å². The second-order valence-corrected chi connectivity index (χ2v) is 8.15. The number of esters is 1. The molecular formula is C26H26N2O4. The van der Waals surface area contributed by atoms with Crippen LogP contribution in [-0.2, 0) is 28.2 Å². The lowest BCUT2D eigenvalue weighted by molar-refractivity contribution is -0.147. The lowest BCUT2D eigenvalue weighted by Crippen LogP contribution is -2.56. The second-order valence-electron chi connectivity index (χ2n) is 8.15. The minimum Gasteiger partial charge on any atom is -0.497 e. The molecular weight excluding hydrogens is 404 g/mol. The van der Waals surface area contributed by atoms with Crippen molar-refractivity contribution in [2.24, 2.45) is 0 Å². The molecule has 0 N–H and O–H groups in total. The van der Waals surface area contributed by atoms with Crippen LogP contribution < -0.4 is 19.3 Å². The third-order valence-electron chi connectivity index (χ3n) is 6.55. The van der Waals surface area contributed by atoms with Crippen LogP contribution in [0.25, 0.3) is 0 Å². The maximum Gasteiger partial charge on any atom is 0.338 e. The van der Waals surface area contributed by atoms with E-state index in [1.165, 1.54) is 7.11 Å². The largest absolute Gasteiger partial charge is 0.497 e. The van der Waals surface area contributed by atoms with Crippen LogP contribution >= 0.6 is 0 Å². The normalized spacial score (nSPS) is 18.8. The fourth-order valence-corrected chi connectivity index (χ4v) is 5.01. The minimum absolute atomic E-state index is 0.280. The zero-order valence-corrected chi connectivity index (χ0v) is 18.5. The number of nitrogens with zero attached hydrogens (tertiary/aromatic N) is 2. The summed E-state index contributed by atoms with van der Waals surface area (Å²) < 4.78 is 16.5. The molecule has 6 nitrogen and oxygen atoms in total. The third kappa shape index (κ3) is 2.98. The average Bonchev–Trinajstić information content (AvgIpc) is 3.07. The van der Waals surface area contributed by atoms with Gasteiger partial charge < -0.3 is 24.0 Å². The van der Waals surface area contributed by atoms with Gasteiger partial charge in [0.1, 0.15) is 11.5 Å². The molecule has 0 spiro atoms. The molecule has 2 heterocycles. The molecule has 0 aromatic heterocycles. The molecule has 0 aliphatic carbocycles. The molecule has 2 aliphatic heterocycles. The molecule has 164 valence electrons. The predicted molar refractivity (Wildman–Crippen MR) is 123 cm³/mol. The molecule has 2 aliphatic rings. The Labute approximate surface area is 187 Å².